The molecule has 8 heteroatoms. The number of hydrazine groups is 1. The van der Waals surface area contributed by atoms with Crippen LogP contribution in [0.1, 0.15) is 15.9 Å². The van der Waals surface area contributed by atoms with Gasteiger partial charge in [0.15, 0.2) is 0 Å². The molecule has 1 aliphatic heterocycles. The molecule has 21 heavy (non-hydrogen) atoms. The van der Waals surface area contributed by atoms with E-state index < -0.39 is 23.4 Å². The minimum Gasteiger partial charge on any atom is -0.326 e. The average molecular weight is 299 g/mol. The van der Waals surface area contributed by atoms with Crippen LogP contribution in [0.2, 0.25) is 0 Å². The maximum Gasteiger partial charge on any atom is 0.416 e. The number of nitrogens with one attached hydrogen (secondary N) is 2. The van der Waals surface area contributed by atoms with E-state index in [0.717, 1.165) is 18.2 Å². The van der Waals surface area contributed by atoms with Gasteiger partial charge in [0.25, 0.3) is 5.91 Å². The Labute approximate surface area is 118 Å². The normalized spacial score (nSPS) is 17.0. The fraction of sp³-hybridized carbons (Fsp3) is 0.231. The highest BCUT2D eigenvalue weighted by molar-refractivity contribution is 6.33. The largest absolute Gasteiger partial charge is 0.416 e. The van der Waals surface area contributed by atoms with Crippen LogP contribution in [0, 0.1) is 0 Å². The lowest BCUT2D eigenvalue weighted by molar-refractivity contribution is -0.137. The lowest BCUT2D eigenvalue weighted by Crippen LogP contribution is -2.32. The van der Waals surface area contributed by atoms with Crippen molar-refractivity contribution in [2.24, 2.45) is 0 Å². The van der Waals surface area contributed by atoms with Gasteiger partial charge in [-0.2, -0.15) is 13.2 Å². The van der Waals surface area contributed by atoms with Crippen LogP contribution in [0.5, 0.6) is 0 Å². The molecule has 1 aromatic rings. The number of fused-ring (bicyclic) bond motifs is 1. The number of carbonyl (C=O) groups excluding carboxylic acids is 2. The van der Waals surface area contributed by atoms with Gasteiger partial charge in [0.05, 0.1) is 11.3 Å². The first-order valence-corrected chi connectivity index (χ1v) is 5.91. The zero-order chi connectivity index (χ0) is 15.8. The Morgan fingerprint density at radius 2 is 1.90 bits per heavy atom. The van der Waals surface area contributed by atoms with Crippen LogP contribution in [-0.2, 0) is 11.0 Å². The Morgan fingerprint density at radius 3 is 2.48 bits per heavy atom. The number of anilines is 1. The second kappa shape index (κ2) is 5.21. The molecule has 1 heterocycles. The number of benzene rings is 1. The first-order valence-electron chi connectivity index (χ1n) is 5.91. The van der Waals surface area contributed by atoms with Gasteiger partial charge in [0.1, 0.15) is 5.57 Å². The number of rotatable bonds is 2. The molecule has 0 aliphatic carbocycles. The number of hydrogen-bond acceptors (Lipinski definition) is 4. The maximum atomic E-state index is 12.6. The van der Waals surface area contributed by atoms with Crippen LogP contribution in [0.25, 0.3) is 0 Å². The summed E-state index contributed by atoms with van der Waals surface area (Å²) >= 11 is 0. The predicted octanol–water partition coefficient (Wildman–Crippen LogP) is 1.79. The number of nitrogens with zero attached hydrogens (tertiary/aromatic N) is 1. The summed E-state index contributed by atoms with van der Waals surface area (Å²) < 4.78 is 37.8. The van der Waals surface area contributed by atoms with Crippen molar-refractivity contribution < 1.29 is 22.8 Å². The zero-order valence-electron chi connectivity index (χ0n) is 11.2. The number of alkyl halides is 3. The number of Topliss-reactive ketones (excluding diaryl/α,β-unsaturated/α-hetero) is 1. The van der Waals surface area contributed by atoms with Crippen molar-refractivity contribution in [2.45, 2.75) is 6.18 Å². The van der Waals surface area contributed by atoms with E-state index >= 15 is 0 Å². The van der Waals surface area contributed by atoms with Crippen LogP contribution >= 0.6 is 0 Å². The van der Waals surface area contributed by atoms with Crippen molar-refractivity contribution in [1.82, 2.24) is 10.4 Å². The Bertz CT molecular complexity index is 636. The zero-order valence-corrected chi connectivity index (χ0v) is 11.2. The summed E-state index contributed by atoms with van der Waals surface area (Å²) in [5.74, 6) is -1.38. The number of hydrogen-bond donors (Lipinski definition) is 2. The molecular weight excluding hydrogens is 287 g/mol. The molecule has 1 aromatic carbocycles. The van der Waals surface area contributed by atoms with Crippen molar-refractivity contribution in [1.29, 1.82) is 0 Å². The van der Waals surface area contributed by atoms with Gasteiger partial charge in [0, 0.05) is 25.9 Å². The Morgan fingerprint density at radius 1 is 1.24 bits per heavy atom. The standard InChI is InChI=1S/C13H12F3N3O2/c1-19(2)17-6-9-11(20)8-4-3-7(13(14,15)16)5-10(8)18-12(9)21/h3-6,17H,1-2H3,(H,18,21)/b9-6-. The molecule has 0 aromatic heterocycles. The first-order chi connectivity index (χ1) is 9.70. The maximum absolute atomic E-state index is 12.6. The summed E-state index contributed by atoms with van der Waals surface area (Å²) in [6.07, 6.45) is -3.33. The molecule has 0 radical (unpaired) electrons. The first kappa shape index (κ1) is 15.0. The lowest BCUT2D eigenvalue weighted by Gasteiger charge is -2.20. The van der Waals surface area contributed by atoms with E-state index in [1.807, 2.05) is 0 Å². The van der Waals surface area contributed by atoms with Gasteiger partial charge >= 0.3 is 6.18 Å². The molecule has 2 N–H and O–H groups in total. The predicted molar refractivity (Wildman–Crippen MR) is 69.3 cm³/mol. The fourth-order valence-electron chi connectivity index (χ4n) is 1.78. The summed E-state index contributed by atoms with van der Waals surface area (Å²) in [6, 6.07) is 2.62. The summed E-state index contributed by atoms with van der Waals surface area (Å²) in [7, 11) is 3.32. The average Bonchev–Trinajstić information content (AvgIpc) is 2.36. The summed E-state index contributed by atoms with van der Waals surface area (Å²) in [5.41, 5.74) is 1.44. The second-order valence-corrected chi connectivity index (χ2v) is 4.62. The second-order valence-electron chi connectivity index (χ2n) is 4.62. The van der Waals surface area contributed by atoms with E-state index in [1.54, 1.807) is 14.1 Å². The van der Waals surface area contributed by atoms with E-state index in [1.165, 1.54) is 11.2 Å². The van der Waals surface area contributed by atoms with Crippen LogP contribution < -0.4 is 10.7 Å². The van der Waals surface area contributed by atoms with Gasteiger partial charge in [-0.25, -0.2) is 5.01 Å². The highest BCUT2D eigenvalue weighted by atomic mass is 19.4. The molecule has 1 aliphatic rings. The molecule has 0 atom stereocenters. The van der Waals surface area contributed by atoms with Crippen molar-refractivity contribution in [3.63, 3.8) is 0 Å². The third-order valence-electron chi connectivity index (χ3n) is 2.80. The molecule has 5 nitrogen and oxygen atoms in total. The van der Waals surface area contributed by atoms with Gasteiger partial charge in [-0.15, -0.1) is 0 Å². The number of amides is 1. The monoisotopic (exact) mass is 299 g/mol. The smallest absolute Gasteiger partial charge is 0.326 e. The molecule has 0 fully saturated rings. The Balaban J connectivity index is 2.41. The lowest BCUT2D eigenvalue weighted by atomic mass is 9.96. The van der Waals surface area contributed by atoms with Crippen molar-refractivity contribution in [3.05, 3.63) is 41.1 Å². The quantitative estimate of drug-likeness (QED) is 0.496. The number of carbonyl (C=O) groups is 2. The van der Waals surface area contributed by atoms with E-state index in [-0.39, 0.29) is 16.8 Å². The van der Waals surface area contributed by atoms with Crippen LogP contribution in [0.4, 0.5) is 18.9 Å². The van der Waals surface area contributed by atoms with E-state index in [2.05, 4.69) is 10.7 Å². The van der Waals surface area contributed by atoms with Gasteiger partial charge < -0.3 is 10.7 Å². The van der Waals surface area contributed by atoms with Gasteiger partial charge in [-0.3, -0.25) is 9.59 Å². The number of halogens is 3. The summed E-state index contributed by atoms with van der Waals surface area (Å²) in [6.45, 7) is 0. The third-order valence-corrected chi connectivity index (χ3v) is 2.80. The van der Waals surface area contributed by atoms with E-state index in [9.17, 15) is 22.8 Å². The summed E-state index contributed by atoms with van der Waals surface area (Å²) in [5, 5.41) is 3.80. The van der Waals surface area contributed by atoms with Gasteiger partial charge in [-0.05, 0) is 18.2 Å². The van der Waals surface area contributed by atoms with Gasteiger partial charge in [0.2, 0.25) is 5.78 Å². The SMILES string of the molecule is CN(C)N/C=C1\C(=O)Nc2cc(C(F)(F)F)ccc2C1=O. The number of ketones is 1. The minimum absolute atomic E-state index is 0.0226. The van der Waals surface area contributed by atoms with Crippen molar-refractivity contribution in [2.75, 3.05) is 19.4 Å². The molecule has 0 bridgehead atoms. The van der Waals surface area contributed by atoms with E-state index in [4.69, 9.17) is 0 Å². The molecule has 1 amide bonds. The van der Waals surface area contributed by atoms with E-state index in [0.29, 0.717) is 0 Å². The highest BCUT2D eigenvalue weighted by Gasteiger charge is 2.34. The highest BCUT2D eigenvalue weighted by Crippen LogP contribution is 2.34. The minimum atomic E-state index is -4.54. The molecule has 0 saturated carbocycles. The van der Waals surface area contributed by atoms with Crippen LogP contribution in [-0.4, -0.2) is 30.8 Å². The molecule has 0 spiro atoms. The van der Waals surface area contributed by atoms with Crippen molar-refractivity contribution >= 4 is 17.4 Å². The Kier molecular flexibility index (Phi) is 3.73. The molecular formula is C13H12F3N3O2. The fourth-order valence-corrected chi connectivity index (χ4v) is 1.78. The van der Waals surface area contributed by atoms with Crippen LogP contribution in [0.15, 0.2) is 30.0 Å². The summed E-state index contributed by atoms with van der Waals surface area (Å²) in [4.78, 5) is 23.9. The molecule has 0 unspecified atom stereocenters. The topological polar surface area (TPSA) is 61.4 Å². The van der Waals surface area contributed by atoms with Crippen molar-refractivity contribution in [3.8, 4) is 0 Å². The van der Waals surface area contributed by atoms with Gasteiger partial charge in [-0.1, -0.05) is 0 Å². The molecule has 112 valence electrons. The molecule has 2 rings (SSSR count). The Hall–Kier alpha value is -2.35. The molecule has 0 saturated heterocycles. The van der Waals surface area contributed by atoms with Crippen LogP contribution in [0.3, 0.4) is 0 Å². The third kappa shape index (κ3) is 3.05.